The van der Waals surface area contributed by atoms with Crippen LogP contribution in [-0.2, 0) is 24.2 Å². The Morgan fingerprint density at radius 3 is 2.88 bits per heavy atom. The molecule has 0 spiro atoms. The highest BCUT2D eigenvalue weighted by atomic mass is 79.9. The van der Waals surface area contributed by atoms with Gasteiger partial charge in [0.15, 0.2) is 0 Å². The number of likely N-dealkylation sites (tertiary alicyclic amines) is 1. The summed E-state index contributed by atoms with van der Waals surface area (Å²) in [5, 5.41) is 3.90. The standard InChI is InChI=1S/C26H26BrClN4O/c27-20-12-19-7-6-18-13-21(28)8-9-22(18)25(24(19)30-16-20)32-11-2-1-5-23(32)26(33)31-15-17-4-3-10-29-14-17/h3-4,8-10,12-14,16,23,25H,1-2,5-7,11,15H2,(H,31,33)/t23-,25?/m0/s1. The molecule has 0 radical (unpaired) electrons. The van der Waals surface area contributed by atoms with Crippen molar-refractivity contribution in [2.45, 2.75) is 50.7 Å². The smallest absolute Gasteiger partial charge is 0.237 e. The van der Waals surface area contributed by atoms with Gasteiger partial charge in [-0.15, -0.1) is 0 Å². The molecule has 1 N–H and O–H groups in total. The van der Waals surface area contributed by atoms with E-state index in [1.165, 1.54) is 16.7 Å². The van der Waals surface area contributed by atoms with Gasteiger partial charge in [-0.2, -0.15) is 0 Å². The molecule has 2 aromatic heterocycles. The molecule has 1 aliphatic carbocycles. The van der Waals surface area contributed by atoms with E-state index in [2.05, 4.69) is 49.3 Å². The molecule has 1 unspecified atom stereocenters. The Morgan fingerprint density at radius 2 is 2.03 bits per heavy atom. The molecule has 3 heterocycles. The minimum Gasteiger partial charge on any atom is -0.351 e. The molecular weight excluding hydrogens is 500 g/mol. The normalized spacial score (nSPS) is 20.4. The van der Waals surface area contributed by atoms with Crippen molar-refractivity contribution in [3.8, 4) is 0 Å². The number of aromatic nitrogens is 2. The zero-order chi connectivity index (χ0) is 22.8. The number of fused-ring (bicyclic) bond motifs is 2. The van der Waals surface area contributed by atoms with E-state index in [9.17, 15) is 4.79 Å². The highest BCUT2D eigenvalue weighted by molar-refractivity contribution is 9.10. The maximum Gasteiger partial charge on any atom is 0.237 e. The molecule has 2 aliphatic rings. The van der Waals surface area contributed by atoms with Gasteiger partial charge in [0.2, 0.25) is 5.91 Å². The van der Waals surface area contributed by atoms with Crippen molar-refractivity contribution in [2.24, 2.45) is 0 Å². The highest BCUT2D eigenvalue weighted by Gasteiger charge is 2.38. The number of carbonyl (C=O) groups excluding carboxylic acids is 1. The lowest BCUT2D eigenvalue weighted by Gasteiger charge is -2.41. The van der Waals surface area contributed by atoms with Gasteiger partial charge in [0.1, 0.15) is 0 Å². The van der Waals surface area contributed by atoms with Crippen LogP contribution in [0.4, 0.5) is 0 Å². The van der Waals surface area contributed by atoms with Crippen LogP contribution >= 0.6 is 27.5 Å². The molecule has 0 bridgehead atoms. The van der Waals surface area contributed by atoms with Gasteiger partial charge in [0.25, 0.3) is 0 Å². The van der Waals surface area contributed by atoms with Crippen molar-refractivity contribution in [2.75, 3.05) is 6.54 Å². The lowest BCUT2D eigenvalue weighted by atomic mass is 9.91. The maximum atomic E-state index is 13.4. The first-order valence-electron chi connectivity index (χ1n) is 11.4. The molecule has 170 valence electrons. The van der Waals surface area contributed by atoms with Gasteiger partial charge in [0.05, 0.1) is 17.8 Å². The number of nitrogens with zero attached hydrogens (tertiary/aromatic N) is 3. The molecule has 33 heavy (non-hydrogen) atoms. The Bertz CT molecular complexity index is 1100. The Balaban J connectivity index is 1.51. The minimum absolute atomic E-state index is 0.0666. The van der Waals surface area contributed by atoms with Gasteiger partial charge >= 0.3 is 0 Å². The van der Waals surface area contributed by atoms with Crippen molar-refractivity contribution in [1.82, 2.24) is 20.2 Å². The number of benzene rings is 1. The summed E-state index contributed by atoms with van der Waals surface area (Å²) in [7, 11) is 0. The highest BCUT2D eigenvalue weighted by Crippen LogP contribution is 2.40. The fourth-order valence-electron chi connectivity index (χ4n) is 5.10. The SMILES string of the molecule is O=C(NCc1cccnc1)[C@@H]1CCCCN1C1c2ccc(Cl)cc2CCc2cc(Br)cnc21. The Morgan fingerprint density at radius 1 is 1.15 bits per heavy atom. The van der Waals surface area contributed by atoms with Gasteiger partial charge in [-0.05, 0) is 94.7 Å². The van der Waals surface area contributed by atoms with E-state index in [1.807, 2.05) is 24.4 Å². The topological polar surface area (TPSA) is 58.1 Å². The number of aryl methyl sites for hydroxylation is 2. The number of amides is 1. The Labute approximate surface area is 207 Å². The largest absolute Gasteiger partial charge is 0.351 e. The molecule has 1 fully saturated rings. The quantitative estimate of drug-likeness (QED) is 0.505. The third-order valence-corrected chi connectivity index (χ3v) is 7.33. The number of halogens is 2. The van der Waals surface area contributed by atoms with Crippen LogP contribution in [0.1, 0.15) is 53.3 Å². The number of rotatable bonds is 4. The van der Waals surface area contributed by atoms with E-state index < -0.39 is 0 Å². The summed E-state index contributed by atoms with van der Waals surface area (Å²) >= 11 is 9.96. The Hall–Kier alpha value is -2.28. The zero-order valence-electron chi connectivity index (χ0n) is 18.3. The summed E-state index contributed by atoms with van der Waals surface area (Å²) in [6.07, 6.45) is 10.2. The fraction of sp³-hybridized carbons (Fsp3) is 0.346. The van der Waals surface area contributed by atoms with Crippen LogP contribution in [0.25, 0.3) is 0 Å². The molecule has 1 aliphatic heterocycles. The number of nitrogens with one attached hydrogen (secondary N) is 1. The third kappa shape index (κ3) is 4.84. The lowest BCUT2D eigenvalue weighted by molar-refractivity contribution is -0.128. The molecule has 3 aromatic rings. The second-order valence-electron chi connectivity index (χ2n) is 8.77. The van der Waals surface area contributed by atoms with Gasteiger partial charge in [-0.3, -0.25) is 19.7 Å². The van der Waals surface area contributed by atoms with Gasteiger partial charge in [-0.1, -0.05) is 30.2 Å². The summed E-state index contributed by atoms with van der Waals surface area (Å²) in [5.74, 6) is 0.0666. The minimum atomic E-state index is -0.208. The van der Waals surface area contributed by atoms with E-state index >= 15 is 0 Å². The first kappa shape index (κ1) is 22.5. The van der Waals surface area contributed by atoms with Crippen LogP contribution in [0.5, 0.6) is 0 Å². The molecule has 1 aromatic carbocycles. The van der Waals surface area contributed by atoms with Crippen molar-refractivity contribution < 1.29 is 4.79 Å². The van der Waals surface area contributed by atoms with Crippen molar-refractivity contribution in [1.29, 1.82) is 0 Å². The molecule has 5 nitrogen and oxygen atoms in total. The number of piperidine rings is 1. The number of carbonyl (C=O) groups is 1. The summed E-state index contributed by atoms with van der Waals surface area (Å²) < 4.78 is 0.980. The van der Waals surface area contributed by atoms with E-state index in [1.54, 1.807) is 12.4 Å². The van der Waals surface area contributed by atoms with Crippen LogP contribution in [0.3, 0.4) is 0 Å². The second kappa shape index (κ2) is 9.92. The Kier molecular flexibility index (Phi) is 6.76. The molecule has 2 atom stereocenters. The fourth-order valence-corrected chi connectivity index (χ4v) is 5.68. The third-order valence-electron chi connectivity index (χ3n) is 6.66. The number of hydrogen-bond acceptors (Lipinski definition) is 4. The average molecular weight is 526 g/mol. The predicted octanol–water partition coefficient (Wildman–Crippen LogP) is 5.25. The number of hydrogen-bond donors (Lipinski definition) is 1. The van der Waals surface area contributed by atoms with Gasteiger partial charge in [-0.25, -0.2) is 0 Å². The van der Waals surface area contributed by atoms with E-state index in [0.29, 0.717) is 6.54 Å². The monoisotopic (exact) mass is 524 g/mol. The molecule has 1 saturated heterocycles. The van der Waals surface area contributed by atoms with Crippen molar-refractivity contribution in [3.63, 3.8) is 0 Å². The van der Waals surface area contributed by atoms with Gasteiger partial charge in [0, 0.05) is 34.6 Å². The van der Waals surface area contributed by atoms with Crippen LogP contribution < -0.4 is 5.32 Å². The molecule has 7 heteroatoms. The first-order valence-corrected chi connectivity index (χ1v) is 12.6. The molecule has 1 amide bonds. The second-order valence-corrected chi connectivity index (χ2v) is 10.1. The average Bonchev–Trinajstić information content (AvgIpc) is 2.99. The van der Waals surface area contributed by atoms with E-state index in [4.69, 9.17) is 16.6 Å². The number of pyridine rings is 2. The van der Waals surface area contributed by atoms with Crippen LogP contribution in [0.2, 0.25) is 5.02 Å². The lowest BCUT2D eigenvalue weighted by Crippen LogP contribution is -2.51. The molecule has 5 rings (SSSR count). The summed E-state index contributed by atoms with van der Waals surface area (Å²) in [6, 6.07) is 11.9. The van der Waals surface area contributed by atoms with Crippen molar-refractivity contribution in [3.05, 3.63) is 92.4 Å². The van der Waals surface area contributed by atoms with Crippen LogP contribution in [0.15, 0.2) is 59.5 Å². The summed E-state index contributed by atoms with van der Waals surface area (Å²) in [5.41, 5.74) is 5.72. The van der Waals surface area contributed by atoms with Crippen LogP contribution in [-0.4, -0.2) is 33.4 Å². The van der Waals surface area contributed by atoms with Crippen LogP contribution in [0, 0.1) is 0 Å². The first-order chi connectivity index (χ1) is 16.1. The molecular formula is C26H26BrClN4O. The van der Waals surface area contributed by atoms with Crippen molar-refractivity contribution >= 4 is 33.4 Å². The molecule has 0 saturated carbocycles. The predicted molar refractivity (Wildman–Crippen MR) is 133 cm³/mol. The van der Waals surface area contributed by atoms with E-state index in [0.717, 1.165) is 59.4 Å². The zero-order valence-corrected chi connectivity index (χ0v) is 20.6. The van der Waals surface area contributed by atoms with E-state index in [-0.39, 0.29) is 18.0 Å². The van der Waals surface area contributed by atoms with Gasteiger partial charge < -0.3 is 5.32 Å². The maximum absolute atomic E-state index is 13.4. The summed E-state index contributed by atoms with van der Waals surface area (Å²) in [4.78, 5) is 24.8. The summed E-state index contributed by atoms with van der Waals surface area (Å²) in [6.45, 7) is 1.34.